The van der Waals surface area contributed by atoms with Gasteiger partial charge in [-0.25, -0.2) is 4.79 Å². The van der Waals surface area contributed by atoms with Gasteiger partial charge >= 0.3 is 5.63 Å². The smallest absolute Gasteiger partial charge is 0.339 e. The molecule has 4 nitrogen and oxygen atoms in total. The van der Waals surface area contributed by atoms with Gasteiger partial charge in [-0.05, 0) is 6.92 Å². The summed E-state index contributed by atoms with van der Waals surface area (Å²) in [4.78, 5) is 10.8. The van der Waals surface area contributed by atoms with E-state index in [0.717, 1.165) is 0 Å². The fourth-order valence-electron chi connectivity index (χ4n) is 0.943. The number of methoxy groups -OCH3 is 1. The molecule has 0 bridgehead atoms. The van der Waals surface area contributed by atoms with Crippen molar-refractivity contribution in [2.24, 2.45) is 0 Å². The van der Waals surface area contributed by atoms with Gasteiger partial charge in [0, 0.05) is 5.56 Å². The van der Waals surface area contributed by atoms with Gasteiger partial charge in [0.25, 0.3) is 0 Å². The Morgan fingerprint density at radius 1 is 1.67 bits per heavy atom. The second-order valence-corrected chi connectivity index (χ2v) is 2.34. The zero-order chi connectivity index (χ0) is 9.14. The van der Waals surface area contributed by atoms with Crippen LogP contribution in [0.3, 0.4) is 0 Å². The third-order valence-electron chi connectivity index (χ3n) is 1.62. The van der Waals surface area contributed by atoms with E-state index in [1.807, 2.05) is 0 Å². The van der Waals surface area contributed by atoms with Crippen LogP contribution in [0.5, 0.6) is 5.75 Å². The molecule has 0 aromatic carbocycles. The minimum atomic E-state index is -0.512. The van der Waals surface area contributed by atoms with Gasteiger partial charge in [0.1, 0.15) is 18.1 Å². The highest BCUT2D eigenvalue weighted by Crippen LogP contribution is 2.17. The molecule has 0 saturated carbocycles. The number of aliphatic hydroxyl groups excluding tert-OH is 1. The maximum absolute atomic E-state index is 10.8. The summed E-state index contributed by atoms with van der Waals surface area (Å²) in [5, 5.41) is 8.77. The van der Waals surface area contributed by atoms with Crippen LogP contribution in [0.4, 0.5) is 0 Å². The predicted molar refractivity (Wildman–Crippen MR) is 42.2 cm³/mol. The van der Waals surface area contributed by atoms with Crippen LogP contribution in [-0.4, -0.2) is 12.2 Å². The van der Waals surface area contributed by atoms with Gasteiger partial charge in [-0.1, -0.05) is 0 Å². The number of hydrogen-bond acceptors (Lipinski definition) is 4. The average molecular weight is 170 g/mol. The Morgan fingerprint density at radius 3 is 2.83 bits per heavy atom. The Balaban J connectivity index is 3.32. The van der Waals surface area contributed by atoms with Crippen molar-refractivity contribution in [3.05, 3.63) is 27.8 Å². The van der Waals surface area contributed by atoms with Crippen molar-refractivity contribution in [1.29, 1.82) is 0 Å². The quantitative estimate of drug-likeness (QED) is 0.700. The summed E-state index contributed by atoms with van der Waals surface area (Å²) in [6, 6.07) is 1.24. The van der Waals surface area contributed by atoms with E-state index < -0.39 is 5.63 Å². The molecule has 1 N–H and O–H groups in total. The lowest BCUT2D eigenvalue weighted by molar-refractivity contribution is 0.235. The van der Waals surface area contributed by atoms with E-state index >= 15 is 0 Å². The maximum atomic E-state index is 10.8. The largest absolute Gasteiger partial charge is 0.496 e. The SMILES string of the molecule is COc1cc(=O)oc(CO)c1C. The molecule has 0 aliphatic carbocycles. The van der Waals surface area contributed by atoms with Gasteiger partial charge in [-0.3, -0.25) is 0 Å². The third kappa shape index (κ3) is 1.48. The van der Waals surface area contributed by atoms with Gasteiger partial charge in [-0.2, -0.15) is 0 Å². The monoisotopic (exact) mass is 170 g/mol. The van der Waals surface area contributed by atoms with Gasteiger partial charge in [0.2, 0.25) is 0 Å². The Hall–Kier alpha value is -1.29. The summed E-state index contributed by atoms with van der Waals surface area (Å²) in [5.74, 6) is 0.689. The fourth-order valence-corrected chi connectivity index (χ4v) is 0.943. The third-order valence-corrected chi connectivity index (χ3v) is 1.62. The topological polar surface area (TPSA) is 59.7 Å². The number of ether oxygens (including phenoxy) is 1. The van der Waals surface area contributed by atoms with Crippen LogP contribution in [0.1, 0.15) is 11.3 Å². The van der Waals surface area contributed by atoms with Gasteiger partial charge < -0.3 is 14.3 Å². The van der Waals surface area contributed by atoms with E-state index in [0.29, 0.717) is 11.3 Å². The molecule has 1 aromatic rings. The van der Waals surface area contributed by atoms with Gasteiger partial charge in [0.05, 0.1) is 13.2 Å². The molecule has 0 aliphatic rings. The molecule has 1 aromatic heterocycles. The minimum Gasteiger partial charge on any atom is -0.496 e. The van der Waals surface area contributed by atoms with Crippen LogP contribution in [0, 0.1) is 6.92 Å². The lowest BCUT2D eigenvalue weighted by Crippen LogP contribution is -2.04. The molecular weight excluding hydrogens is 160 g/mol. The number of aliphatic hydroxyl groups is 1. The highest BCUT2D eigenvalue weighted by molar-refractivity contribution is 5.32. The molecule has 66 valence electrons. The molecular formula is C8H10O4. The van der Waals surface area contributed by atoms with E-state index in [1.54, 1.807) is 6.92 Å². The summed E-state index contributed by atoms with van der Waals surface area (Å²) in [6.45, 7) is 1.42. The molecule has 0 atom stereocenters. The van der Waals surface area contributed by atoms with Crippen molar-refractivity contribution in [2.45, 2.75) is 13.5 Å². The van der Waals surface area contributed by atoms with Crippen molar-refractivity contribution in [3.8, 4) is 5.75 Å². The average Bonchev–Trinajstić information content (AvgIpc) is 2.08. The summed E-state index contributed by atoms with van der Waals surface area (Å²) >= 11 is 0. The van der Waals surface area contributed by atoms with E-state index in [9.17, 15) is 4.79 Å². The first-order valence-corrected chi connectivity index (χ1v) is 3.47. The van der Waals surface area contributed by atoms with Crippen LogP contribution < -0.4 is 10.4 Å². The molecule has 1 heterocycles. The van der Waals surface area contributed by atoms with Crippen molar-refractivity contribution in [2.75, 3.05) is 7.11 Å². The van der Waals surface area contributed by atoms with Crippen LogP contribution in [0.15, 0.2) is 15.3 Å². The molecule has 0 amide bonds. The van der Waals surface area contributed by atoms with Crippen molar-refractivity contribution < 1.29 is 14.3 Å². The molecule has 0 spiro atoms. The highest BCUT2D eigenvalue weighted by Gasteiger charge is 2.07. The van der Waals surface area contributed by atoms with Gasteiger partial charge in [-0.15, -0.1) is 0 Å². The van der Waals surface area contributed by atoms with E-state index in [4.69, 9.17) is 14.3 Å². The lowest BCUT2D eigenvalue weighted by atomic mass is 10.2. The fraction of sp³-hybridized carbons (Fsp3) is 0.375. The molecule has 0 aliphatic heterocycles. The van der Waals surface area contributed by atoms with E-state index in [2.05, 4.69) is 0 Å². The Morgan fingerprint density at radius 2 is 2.33 bits per heavy atom. The summed E-state index contributed by atoms with van der Waals surface area (Å²) in [5.41, 5.74) is 0.140. The lowest BCUT2D eigenvalue weighted by Gasteiger charge is -2.05. The Labute approximate surface area is 69.4 Å². The second-order valence-electron chi connectivity index (χ2n) is 2.34. The maximum Gasteiger partial charge on any atom is 0.339 e. The zero-order valence-electron chi connectivity index (χ0n) is 6.96. The Kier molecular flexibility index (Phi) is 2.50. The Bertz CT molecular complexity index is 298. The first-order valence-electron chi connectivity index (χ1n) is 3.47. The number of hydrogen-bond donors (Lipinski definition) is 1. The van der Waals surface area contributed by atoms with E-state index in [-0.39, 0.29) is 12.4 Å². The predicted octanol–water partition coefficient (Wildman–Crippen LogP) is 0.449. The molecule has 4 heteroatoms. The first-order chi connectivity index (χ1) is 5.69. The molecule has 0 saturated heterocycles. The summed E-state index contributed by atoms with van der Waals surface area (Å²) in [6.07, 6.45) is 0. The molecule has 12 heavy (non-hydrogen) atoms. The van der Waals surface area contributed by atoms with Crippen molar-refractivity contribution in [3.63, 3.8) is 0 Å². The first kappa shape index (κ1) is 8.80. The summed E-state index contributed by atoms with van der Waals surface area (Å²) < 4.78 is 9.61. The highest BCUT2D eigenvalue weighted by atomic mass is 16.5. The standard InChI is InChI=1S/C8H10O4/c1-5-6(11-2)3-8(10)12-7(5)4-9/h3,9H,4H2,1-2H3. The van der Waals surface area contributed by atoms with Gasteiger partial charge in [0.15, 0.2) is 0 Å². The van der Waals surface area contributed by atoms with Crippen LogP contribution in [0.25, 0.3) is 0 Å². The number of rotatable bonds is 2. The molecule has 1 rings (SSSR count). The van der Waals surface area contributed by atoms with Crippen molar-refractivity contribution >= 4 is 0 Å². The summed E-state index contributed by atoms with van der Waals surface area (Å²) in [7, 11) is 1.46. The molecule has 0 fully saturated rings. The zero-order valence-corrected chi connectivity index (χ0v) is 6.96. The van der Waals surface area contributed by atoms with Crippen LogP contribution in [0.2, 0.25) is 0 Å². The van der Waals surface area contributed by atoms with Crippen LogP contribution in [-0.2, 0) is 6.61 Å². The van der Waals surface area contributed by atoms with E-state index in [1.165, 1.54) is 13.2 Å². The second kappa shape index (κ2) is 3.40. The van der Waals surface area contributed by atoms with Crippen molar-refractivity contribution in [1.82, 2.24) is 0 Å². The molecule has 0 radical (unpaired) electrons. The minimum absolute atomic E-state index is 0.249. The van der Waals surface area contributed by atoms with Crippen LogP contribution >= 0.6 is 0 Å². The normalized spacial score (nSPS) is 9.92. The molecule has 0 unspecified atom stereocenters.